The topological polar surface area (TPSA) is 91.0 Å². The Kier molecular flexibility index (Phi) is 10.8. The molecular weight excluding hydrogens is 266 g/mol. The first-order valence-electron chi connectivity index (χ1n) is 6.88. The lowest BCUT2D eigenvalue weighted by Gasteiger charge is -2.21. The maximum atomic E-state index is 10.4. The summed E-state index contributed by atoms with van der Waals surface area (Å²) in [6.07, 6.45) is 1.06. The van der Waals surface area contributed by atoms with Crippen molar-refractivity contribution in [2.45, 2.75) is 58.3 Å². The molecule has 0 radical (unpaired) electrons. The third-order valence-corrected chi connectivity index (χ3v) is 5.33. The minimum atomic E-state index is -1.59. The molecule has 0 aromatic carbocycles. The maximum absolute atomic E-state index is 10.4. The summed E-state index contributed by atoms with van der Waals surface area (Å²) in [7, 11) is -1.59. The van der Waals surface area contributed by atoms with Crippen molar-refractivity contribution < 1.29 is 23.5 Å². The Hall–Kier alpha value is -0.633. The van der Waals surface area contributed by atoms with E-state index < -0.39 is 21.7 Å². The van der Waals surface area contributed by atoms with Crippen LogP contribution in [0, 0.1) is 0 Å². The van der Waals surface area contributed by atoms with E-state index in [1.807, 2.05) is 13.8 Å². The van der Waals surface area contributed by atoms with E-state index >= 15 is 0 Å². The number of nitrogens with two attached hydrogens (primary N) is 1. The Balaban J connectivity index is 3.76. The number of hydrogen-bond acceptors (Lipinski definition) is 5. The number of ether oxygens (including phenoxy) is 1. The van der Waals surface area contributed by atoms with Gasteiger partial charge in [-0.1, -0.05) is 13.3 Å². The van der Waals surface area contributed by atoms with Crippen LogP contribution in [0.2, 0.25) is 5.54 Å². The number of carbonyl (C=O) groups is 1. The van der Waals surface area contributed by atoms with E-state index in [9.17, 15) is 9.90 Å². The molecule has 2 atom stereocenters. The SMILES string of the molecule is CCO[SiH](OCC)C(C)CCCCC(O)OC(N)=O. The molecule has 0 bridgehead atoms. The van der Waals surface area contributed by atoms with Crippen molar-refractivity contribution in [3.8, 4) is 0 Å². The molecule has 0 spiro atoms. The van der Waals surface area contributed by atoms with Gasteiger partial charge in [0.25, 0.3) is 0 Å². The van der Waals surface area contributed by atoms with Gasteiger partial charge in [0.2, 0.25) is 6.29 Å². The third-order valence-electron chi connectivity index (χ3n) is 2.74. The molecule has 3 N–H and O–H groups in total. The Morgan fingerprint density at radius 2 is 1.74 bits per heavy atom. The van der Waals surface area contributed by atoms with Crippen molar-refractivity contribution in [1.29, 1.82) is 0 Å². The summed E-state index contributed by atoms with van der Waals surface area (Å²) in [6, 6.07) is 0. The summed E-state index contributed by atoms with van der Waals surface area (Å²) in [6.45, 7) is 7.46. The van der Waals surface area contributed by atoms with Crippen molar-refractivity contribution in [2.24, 2.45) is 5.73 Å². The fourth-order valence-electron chi connectivity index (χ4n) is 1.82. The molecule has 0 aromatic heterocycles. The van der Waals surface area contributed by atoms with Gasteiger partial charge < -0.3 is 24.4 Å². The lowest BCUT2D eigenvalue weighted by atomic mass is 10.1. The van der Waals surface area contributed by atoms with E-state index in [2.05, 4.69) is 11.7 Å². The number of unbranched alkanes of at least 4 members (excludes halogenated alkanes) is 1. The van der Waals surface area contributed by atoms with Gasteiger partial charge in [-0.05, 0) is 32.2 Å². The number of hydrogen-bond donors (Lipinski definition) is 2. The summed E-state index contributed by atoms with van der Waals surface area (Å²) in [4.78, 5) is 10.4. The second kappa shape index (κ2) is 11.2. The number of aliphatic hydroxyl groups excluding tert-OH is 1. The summed E-state index contributed by atoms with van der Waals surface area (Å²) in [5.74, 6) is 0. The normalized spacial score (nSPS) is 14.4. The second-order valence-corrected chi connectivity index (χ2v) is 6.97. The van der Waals surface area contributed by atoms with E-state index in [-0.39, 0.29) is 0 Å². The Labute approximate surface area is 117 Å². The number of amides is 1. The predicted octanol–water partition coefficient (Wildman–Crippen LogP) is 1.64. The van der Waals surface area contributed by atoms with Gasteiger partial charge in [-0.25, -0.2) is 4.79 Å². The summed E-state index contributed by atoms with van der Waals surface area (Å²) in [5, 5.41) is 9.30. The number of carbonyl (C=O) groups excluding carboxylic acids is 1. The molecule has 6 nitrogen and oxygen atoms in total. The molecule has 0 heterocycles. The minimum Gasteiger partial charge on any atom is -0.420 e. The summed E-state index contributed by atoms with van der Waals surface area (Å²) in [5.41, 5.74) is 5.23. The molecule has 0 aliphatic carbocycles. The van der Waals surface area contributed by atoms with Crippen LogP contribution in [0.4, 0.5) is 4.79 Å². The van der Waals surface area contributed by atoms with Gasteiger partial charge in [0.15, 0.2) is 0 Å². The number of aliphatic hydroxyl groups is 1. The van der Waals surface area contributed by atoms with Gasteiger partial charge >= 0.3 is 15.4 Å². The lowest BCUT2D eigenvalue weighted by molar-refractivity contribution is -0.0543. The Bertz CT molecular complexity index is 236. The van der Waals surface area contributed by atoms with Crippen molar-refractivity contribution in [1.82, 2.24) is 0 Å². The van der Waals surface area contributed by atoms with Crippen LogP contribution in [-0.4, -0.2) is 40.0 Å². The van der Waals surface area contributed by atoms with Gasteiger partial charge in [-0.15, -0.1) is 0 Å². The van der Waals surface area contributed by atoms with E-state index in [1.165, 1.54) is 0 Å². The molecule has 114 valence electrons. The zero-order valence-corrected chi connectivity index (χ0v) is 13.3. The molecule has 0 rings (SSSR count). The quantitative estimate of drug-likeness (QED) is 0.343. The molecule has 0 saturated carbocycles. The van der Waals surface area contributed by atoms with Crippen molar-refractivity contribution in [2.75, 3.05) is 13.2 Å². The monoisotopic (exact) mass is 293 g/mol. The molecule has 0 aliphatic heterocycles. The van der Waals surface area contributed by atoms with Crippen LogP contribution in [0.15, 0.2) is 0 Å². The van der Waals surface area contributed by atoms with Gasteiger partial charge in [0.05, 0.1) is 0 Å². The highest BCUT2D eigenvalue weighted by molar-refractivity contribution is 6.46. The van der Waals surface area contributed by atoms with Gasteiger partial charge in [-0.2, -0.15) is 0 Å². The van der Waals surface area contributed by atoms with Gasteiger partial charge in [0.1, 0.15) is 0 Å². The zero-order chi connectivity index (χ0) is 14.7. The highest BCUT2D eigenvalue weighted by Crippen LogP contribution is 2.20. The van der Waals surface area contributed by atoms with Crippen LogP contribution in [-0.2, 0) is 13.6 Å². The van der Waals surface area contributed by atoms with Crippen LogP contribution in [0.25, 0.3) is 0 Å². The molecule has 0 aliphatic rings. The van der Waals surface area contributed by atoms with E-state index in [1.54, 1.807) is 0 Å². The standard InChI is InChI=1S/C12H27NO5Si/c1-4-16-19(17-5-2)10(3)8-6-7-9-11(14)18-12(13)15/h10-11,14,19H,4-9H2,1-3H3,(H2,13,15). The molecule has 7 heteroatoms. The van der Waals surface area contributed by atoms with Crippen LogP contribution in [0.1, 0.15) is 46.5 Å². The first-order chi connectivity index (χ1) is 9.01. The summed E-state index contributed by atoms with van der Waals surface area (Å²) < 4.78 is 15.7. The molecule has 2 unspecified atom stereocenters. The lowest BCUT2D eigenvalue weighted by Crippen LogP contribution is -2.28. The summed E-state index contributed by atoms with van der Waals surface area (Å²) >= 11 is 0. The van der Waals surface area contributed by atoms with Crippen LogP contribution in [0.5, 0.6) is 0 Å². The van der Waals surface area contributed by atoms with Crippen LogP contribution in [0.3, 0.4) is 0 Å². The fraction of sp³-hybridized carbons (Fsp3) is 0.917. The molecule has 19 heavy (non-hydrogen) atoms. The first kappa shape index (κ1) is 18.4. The number of rotatable bonds is 11. The smallest absolute Gasteiger partial charge is 0.406 e. The second-order valence-electron chi connectivity index (χ2n) is 4.43. The van der Waals surface area contributed by atoms with Crippen molar-refractivity contribution in [3.63, 3.8) is 0 Å². The average molecular weight is 293 g/mol. The van der Waals surface area contributed by atoms with Crippen molar-refractivity contribution >= 4 is 15.4 Å². The highest BCUT2D eigenvalue weighted by Gasteiger charge is 2.21. The zero-order valence-electron chi connectivity index (χ0n) is 12.1. The Morgan fingerprint density at radius 3 is 2.21 bits per heavy atom. The molecular formula is C12H27NO5Si. The average Bonchev–Trinajstić information content (AvgIpc) is 2.33. The predicted molar refractivity (Wildman–Crippen MR) is 75.0 cm³/mol. The molecule has 0 aromatic rings. The van der Waals surface area contributed by atoms with Gasteiger partial charge in [0, 0.05) is 19.6 Å². The van der Waals surface area contributed by atoms with Crippen LogP contribution < -0.4 is 5.73 Å². The molecule has 0 fully saturated rings. The first-order valence-corrected chi connectivity index (χ1v) is 8.49. The largest absolute Gasteiger partial charge is 0.420 e. The van der Waals surface area contributed by atoms with E-state index in [0.717, 1.165) is 19.3 Å². The Morgan fingerprint density at radius 1 is 1.21 bits per heavy atom. The number of primary amides is 1. The molecule has 0 saturated heterocycles. The third kappa shape index (κ3) is 9.89. The highest BCUT2D eigenvalue weighted by atomic mass is 28.3. The van der Waals surface area contributed by atoms with Gasteiger partial charge in [-0.3, -0.25) is 0 Å². The van der Waals surface area contributed by atoms with Crippen LogP contribution >= 0.6 is 0 Å². The van der Waals surface area contributed by atoms with E-state index in [4.69, 9.17) is 14.6 Å². The fourth-order valence-corrected chi connectivity index (χ4v) is 3.74. The molecule has 1 amide bonds. The van der Waals surface area contributed by atoms with E-state index in [0.29, 0.717) is 25.2 Å². The van der Waals surface area contributed by atoms with Crippen molar-refractivity contribution in [3.05, 3.63) is 0 Å². The maximum Gasteiger partial charge on any atom is 0.406 e. The minimum absolute atomic E-state index is 0.408.